The summed E-state index contributed by atoms with van der Waals surface area (Å²) in [7, 11) is 1.92. The predicted molar refractivity (Wildman–Crippen MR) is 58.6 cm³/mol. The number of halogens is 2. The summed E-state index contributed by atoms with van der Waals surface area (Å²) < 4.78 is 0. The molecule has 13 heavy (non-hydrogen) atoms. The Hall–Kier alpha value is -0.240. The zero-order valence-corrected chi connectivity index (χ0v) is 9.28. The van der Waals surface area contributed by atoms with Gasteiger partial charge in [-0.3, -0.25) is 0 Å². The fourth-order valence-electron chi connectivity index (χ4n) is 1.37. The first-order valence-electron chi connectivity index (χ1n) is 4.31. The van der Waals surface area contributed by atoms with Crippen LogP contribution in [0.25, 0.3) is 0 Å². The van der Waals surface area contributed by atoms with Gasteiger partial charge in [-0.1, -0.05) is 42.3 Å². The van der Waals surface area contributed by atoms with Crippen molar-refractivity contribution in [2.24, 2.45) is 0 Å². The van der Waals surface area contributed by atoms with Crippen LogP contribution in [0.3, 0.4) is 0 Å². The fourth-order valence-corrected chi connectivity index (χ4v) is 1.81. The van der Waals surface area contributed by atoms with E-state index in [0.29, 0.717) is 10.0 Å². The monoisotopic (exact) mass is 217 g/mol. The van der Waals surface area contributed by atoms with Gasteiger partial charge in [-0.15, -0.1) is 0 Å². The van der Waals surface area contributed by atoms with Crippen LogP contribution in [0.4, 0.5) is 0 Å². The molecule has 0 aromatic heterocycles. The van der Waals surface area contributed by atoms with Gasteiger partial charge in [0, 0.05) is 6.04 Å². The number of benzene rings is 1. The van der Waals surface area contributed by atoms with Gasteiger partial charge in [-0.05, 0) is 25.1 Å². The Bertz CT molecular complexity index is 282. The molecule has 0 bridgehead atoms. The predicted octanol–water partition coefficient (Wildman–Crippen LogP) is 3.66. The van der Waals surface area contributed by atoms with Crippen molar-refractivity contribution in [1.29, 1.82) is 0 Å². The maximum atomic E-state index is 6.07. The molecule has 3 heteroatoms. The minimum Gasteiger partial charge on any atom is -0.313 e. The summed E-state index contributed by atoms with van der Waals surface area (Å²) in [6, 6.07) is 6.00. The standard InChI is InChI=1S/C10H13Cl2N/c1-3-9(13-2)7-5-4-6-8(11)10(7)12/h4-6,9,13H,3H2,1-2H3/t9-/m1/s1. The van der Waals surface area contributed by atoms with Crippen molar-refractivity contribution >= 4 is 23.2 Å². The molecule has 0 fully saturated rings. The van der Waals surface area contributed by atoms with Crippen molar-refractivity contribution in [2.45, 2.75) is 19.4 Å². The van der Waals surface area contributed by atoms with E-state index in [1.807, 2.05) is 19.2 Å². The minimum absolute atomic E-state index is 0.284. The first kappa shape index (κ1) is 10.8. The van der Waals surface area contributed by atoms with Gasteiger partial charge in [-0.25, -0.2) is 0 Å². The molecule has 1 aromatic carbocycles. The summed E-state index contributed by atoms with van der Waals surface area (Å²) in [5.74, 6) is 0. The third kappa shape index (κ3) is 2.37. The number of rotatable bonds is 3. The number of hydrogen-bond donors (Lipinski definition) is 1. The van der Waals surface area contributed by atoms with Crippen molar-refractivity contribution in [1.82, 2.24) is 5.32 Å². The molecule has 1 aromatic rings. The van der Waals surface area contributed by atoms with E-state index in [1.54, 1.807) is 6.07 Å². The first-order valence-corrected chi connectivity index (χ1v) is 5.07. The van der Waals surface area contributed by atoms with Crippen molar-refractivity contribution in [2.75, 3.05) is 7.05 Å². The summed E-state index contributed by atoms with van der Waals surface area (Å²) >= 11 is 12.0. The SMILES string of the molecule is CC[C@@H](NC)c1cccc(Cl)c1Cl. The second kappa shape index (κ2) is 4.85. The average Bonchev–Trinajstić information content (AvgIpc) is 2.14. The summed E-state index contributed by atoms with van der Waals surface area (Å²) in [5, 5.41) is 4.47. The van der Waals surface area contributed by atoms with Crippen molar-refractivity contribution in [3.05, 3.63) is 33.8 Å². The van der Waals surface area contributed by atoms with Gasteiger partial charge in [0.15, 0.2) is 0 Å². The molecule has 1 atom stereocenters. The largest absolute Gasteiger partial charge is 0.313 e. The molecule has 0 heterocycles. The van der Waals surface area contributed by atoms with Crippen LogP contribution in [-0.4, -0.2) is 7.05 Å². The molecule has 1 nitrogen and oxygen atoms in total. The highest BCUT2D eigenvalue weighted by molar-refractivity contribution is 6.42. The van der Waals surface area contributed by atoms with Crippen molar-refractivity contribution in [3.63, 3.8) is 0 Å². The Morgan fingerprint density at radius 3 is 2.62 bits per heavy atom. The molecule has 72 valence electrons. The molecule has 1 rings (SSSR count). The maximum absolute atomic E-state index is 6.07. The van der Waals surface area contributed by atoms with E-state index in [2.05, 4.69) is 12.2 Å². The van der Waals surface area contributed by atoms with Gasteiger partial charge >= 0.3 is 0 Å². The summed E-state index contributed by atoms with van der Waals surface area (Å²) in [6.07, 6.45) is 0.997. The zero-order valence-electron chi connectivity index (χ0n) is 7.77. The molecule has 1 N–H and O–H groups in total. The highest BCUT2D eigenvalue weighted by Crippen LogP contribution is 2.30. The Morgan fingerprint density at radius 2 is 2.08 bits per heavy atom. The van der Waals surface area contributed by atoms with Crippen LogP contribution in [0.1, 0.15) is 24.9 Å². The Kier molecular flexibility index (Phi) is 4.04. The van der Waals surface area contributed by atoms with E-state index in [-0.39, 0.29) is 6.04 Å². The molecule has 0 aliphatic rings. The summed E-state index contributed by atoms with van der Waals surface area (Å²) in [4.78, 5) is 0. The summed E-state index contributed by atoms with van der Waals surface area (Å²) in [6.45, 7) is 2.11. The Morgan fingerprint density at radius 1 is 1.38 bits per heavy atom. The van der Waals surface area contributed by atoms with Gasteiger partial charge in [0.05, 0.1) is 10.0 Å². The smallest absolute Gasteiger partial charge is 0.0640 e. The lowest BCUT2D eigenvalue weighted by Crippen LogP contribution is -2.15. The normalized spacial score (nSPS) is 12.9. The number of hydrogen-bond acceptors (Lipinski definition) is 1. The van der Waals surface area contributed by atoms with Crippen LogP contribution in [-0.2, 0) is 0 Å². The quantitative estimate of drug-likeness (QED) is 0.816. The van der Waals surface area contributed by atoms with Gasteiger partial charge < -0.3 is 5.32 Å². The second-order valence-corrected chi connectivity index (χ2v) is 3.68. The lowest BCUT2D eigenvalue weighted by Gasteiger charge is -2.16. The molecule has 0 radical (unpaired) electrons. The Balaban J connectivity index is 3.05. The third-order valence-electron chi connectivity index (χ3n) is 2.11. The molecule has 0 aliphatic carbocycles. The van der Waals surface area contributed by atoms with E-state index in [4.69, 9.17) is 23.2 Å². The van der Waals surface area contributed by atoms with Crippen molar-refractivity contribution < 1.29 is 0 Å². The van der Waals surface area contributed by atoms with E-state index in [1.165, 1.54) is 0 Å². The summed E-state index contributed by atoms with van der Waals surface area (Å²) in [5.41, 5.74) is 1.07. The van der Waals surface area contributed by atoms with Crippen molar-refractivity contribution in [3.8, 4) is 0 Å². The van der Waals surface area contributed by atoms with Gasteiger partial charge in [0.2, 0.25) is 0 Å². The van der Waals surface area contributed by atoms with Crippen LogP contribution in [0.15, 0.2) is 18.2 Å². The first-order chi connectivity index (χ1) is 6.20. The Labute approximate surface area is 89.0 Å². The highest BCUT2D eigenvalue weighted by atomic mass is 35.5. The molecular formula is C10H13Cl2N. The molecule has 0 spiro atoms. The van der Waals surface area contributed by atoms with E-state index < -0.39 is 0 Å². The van der Waals surface area contributed by atoms with Gasteiger partial charge in [-0.2, -0.15) is 0 Å². The van der Waals surface area contributed by atoms with Crippen LogP contribution in [0.2, 0.25) is 10.0 Å². The van der Waals surface area contributed by atoms with E-state index in [0.717, 1.165) is 12.0 Å². The van der Waals surface area contributed by atoms with E-state index in [9.17, 15) is 0 Å². The van der Waals surface area contributed by atoms with E-state index >= 15 is 0 Å². The lowest BCUT2D eigenvalue weighted by atomic mass is 10.1. The molecule has 0 saturated heterocycles. The van der Waals surface area contributed by atoms with Gasteiger partial charge in [0.1, 0.15) is 0 Å². The van der Waals surface area contributed by atoms with Crippen LogP contribution >= 0.6 is 23.2 Å². The molecule has 0 aliphatic heterocycles. The topological polar surface area (TPSA) is 12.0 Å². The molecular weight excluding hydrogens is 205 g/mol. The fraction of sp³-hybridized carbons (Fsp3) is 0.400. The number of nitrogens with one attached hydrogen (secondary N) is 1. The third-order valence-corrected chi connectivity index (χ3v) is 2.95. The molecule has 0 unspecified atom stereocenters. The van der Waals surface area contributed by atoms with Crippen LogP contribution in [0.5, 0.6) is 0 Å². The molecule has 0 saturated carbocycles. The highest BCUT2D eigenvalue weighted by Gasteiger charge is 2.11. The zero-order chi connectivity index (χ0) is 9.84. The van der Waals surface area contributed by atoms with Crippen LogP contribution < -0.4 is 5.32 Å². The second-order valence-electron chi connectivity index (χ2n) is 2.89. The lowest BCUT2D eigenvalue weighted by molar-refractivity contribution is 0.577. The molecule has 0 amide bonds. The van der Waals surface area contributed by atoms with Crippen LogP contribution in [0, 0.1) is 0 Å². The average molecular weight is 218 g/mol. The van der Waals surface area contributed by atoms with Gasteiger partial charge in [0.25, 0.3) is 0 Å². The minimum atomic E-state index is 0.284. The maximum Gasteiger partial charge on any atom is 0.0640 e.